The summed E-state index contributed by atoms with van der Waals surface area (Å²) in [5, 5.41) is 3.39. The zero-order valence-electron chi connectivity index (χ0n) is 12.7. The highest BCUT2D eigenvalue weighted by Gasteiger charge is 2.13. The number of nitrogens with one attached hydrogen (secondary N) is 1. The van der Waals surface area contributed by atoms with Gasteiger partial charge in [-0.1, -0.05) is 19.3 Å². The van der Waals surface area contributed by atoms with Crippen LogP contribution in [0.25, 0.3) is 0 Å². The van der Waals surface area contributed by atoms with Crippen molar-refractivity contribution < 1.29 is 14.3 Å². The molecule has 1 aliphatic carbocycles. The third-order valence-corrected chi connectivity index (χ3v) is 4.83. The van der Waals surface area contributed by atoms with Gasteiger partial charge in [0.15, 0.2) is 0 Å². The van der Waals surface area contributed by atoms with Crippen LogP contribution in [0.2, 0.25) is 0 Å². The van der Waals surface area contributed by atoms with Crippen molar-refractivity contribution in [3.63, 3.8) is 0 Å². The van der Waals surface area contributed by atoms with Crippen LogP contribution in [0.1, 0.15) is 41.9 Å². The Hall–Kier alpha value is -0.910. The molecule has 5 heteroatoms. The number of rotatable bonds is 8. The molecule has 1 aromatic heterocycles. The molecule has 0 spiro atoms. The maximum Gasteiger partial charge on any atom is 0.310 e. The maximum absolute atomic E-state index is 11.2. The van der Waals surface area contributed by atoms with E-state index in [9.17, 15) is 4.79 Å². The molecule has 1 N–H and O–H groups in total. The summed E-state index contributed by atoms with van der Waals surface area (Å²) in [6.07, 6.45) is 7.29. The Morgan fingerprint density at radius 2 is 2.05 bits per heavy atom. The number of thiophene rings is 1. The molecule has 1 aromatic rings. The first-order valence-electron chi connectivity index (χ1n) is 7.74. The predicted octanol–water partition coefficient (Wildman–Crippen LogP) is 2.90. The van der Waals surface area contributed by atoms with Gasteiger partial charge in [-0.3, -0.25) is 4.79 Å². The molecule has 0 radical (unpaired) electrons. The summed E-state index contributed by atoms with van der Waals surface area (Å²) in [6.45, 7) is 2.49. The zero-order chi connectivity index (χ0) is 14.9. The van der Waals surface area contributed by atoms with Crippen LogP contribution < -0.4 is 5.32 Å². The zero-order valence-corrected chi connectivity index (χ0v) is 13.5. The second-order valence-electron chi connectivity index (χ2n) is 5.43. The van der Waals surface area contributed by atoms with E-state index in [-0.39, 0.29) is 5.97 Å². The van der Waals surface area contributed by atoms with E-state index < -0.39 is 0 Å². The van der Waals surface area contributed by atoms with Crippen LogP contribution >= 0.6 is 11.3 Å². The van der Waals surface area contributed by atoms with Gasteiger partial charge in [-0.25, -0.2) is 0 Å². The van der Waals surface area contributed by atoms with Gasteiger partial charge in [0.1, 0.15) is 0 Å². The first-order valence-corrected chi connectivity index (χ1v) is 8.56. The fraction of sp³-hybridized carbons (Fsp3) is 0.688. The predicted molar refractivity (Wildman–Crippen MR) is 84.6 cm³/mol. The fourth-order valence-corrected chi connectivity index (χ4v) is 3.54. The molecule has 2 rings (SSSR count). The van der Waals surface area contributed by atoms with E-state index >= 15 is 0 Å². The molecule has 21 heavy (non-hydrogen) atoms. The molecule has 0 saturated heterocycles. The van der Waals surface area contributed by atoms with E-state index in [0.29, 0.717) is 12.5 Å². The second kappa shape index (κ2) is 9.18. The number of hydrogen-bond donors (Lipinski definition) is 1. The molecule has 0 bridgehead atoms. The molecule has 0 atom stereocenters. The van der Waals surface area contributed by atoms with Crippen LogP contribution in [0.3, 0.4) is 0 Å². The molecule has 118 valence electrons. The fourth-order valence-electron chi connectivity index (χ4n) is 2.57. The number of hydrogen-bond acceptors (Lipinski definition) is 5. The Kier molecular flexibility index (Phi) is 7.19. The number of carbonyl (C=O) groups is 1. The highest BCUT2D eigenvalue weighted by molar-refractivity contribution is 7.12. The van der Waals surface area contributed by atoms with E-state index in [4.69, 9.17) is 4.74 Å². The Morgan fingerprint density at radius 1 is 1.29 bits per heavy atom. The second-order valence-corrected chi connectivity index (χ2v) is 6.68. The van der Waals surface area contributed by atoms with Crippen LogP contribution in [-0.2, 0) is 27.2 Å². The Bertz CT molecular complexity index is 427. The van der Waals surface area contributed by atoms with Gasteiger partial charge in [0.2, 0.25) is 0 Å². The van der Waals surface area contributed by atoms with Crippen molar-refractivity contribution in [2.24, 2.45) is 0 Å². The molecule has 1 saturated carbocycles. The average molecular weight is 311 g/mol. The van der Waals surface area contributed by atoms with Gasteiger partial charge in [-0.05, 0) is 25.0 Å². The molecule has 0 unspecified atom stereocenters. The van der Waals surface area contributed by atoms with Gasteiger partial charge < -0.3 is 14.8 Å². The lowest BCUT2D eigenvalue weighted by Gasteiger charge is -2.21. The summed E-state index contributed by atoms with van der Waals surface area (Å²) in [5.41, 5.74) is 0. The number of ether oxygens (including phenoxy) is 2. The van der Waals surface area contributed by atoms with Crippen molar-refractivity contribution in [3.8, 4) is 0 Å². The van der Waals surface area contributed by atoms with E-state index in [1.54, 1.807) is 11.3 Å². The third kappa shape index (κ3) is 6.16. The smallest absolute Gasteiger partial charge is 0.310 e. The lowest BCUT2D eigenvalue weighted by atomic mass is 9.98. The van der Waals surface area contributed by atoms with E-state index in [2.05, 4.69) is 16.1 Å². The molecule has 0 amide bonds. The summed E-state index contributed by atoms with van der Waals surface area (Å²) in [7, 11) is 1.42. The van der Waals surface area contributed by atoms with Crippen molar-refractivity contribution in [1.82, 2.24) is 5.32 Å². The molecule has 1 heterocycles. The minimum Gasteiger partial charge on any atom is -0.469 e. The van der Waals surface area contributed by atoms with Gasteiger partial charge in [0.05, 0.1) is 26.2 Å². The summed E-state index contributed by atoms with van der Waals surface area (Å²) >= 11 is 1.66. The third-order valence-electron chi connectivity index (χ3n) is 3.75. The lowest BCUT2D eigenvalue weighted by molar-refractivity contribution is -0.139. The molecule has 1 aliphatic rings. The lowest BCUT2D eigenvalue weighted by Crippen LogP contribution is -2.24. The molecule has 0 aromatic carbocycles. The molecular formula is C16H25NO3S. The number of carbonyl (C=O) groups excluding carboxylic acids is 1. The first-order chi connectivity index (χ1) is 10.3. The van der Waals surface area contributed by atoms with Crippen LogP contribution in [0, 0.1) is 0 Å². The Balaban J connectivity index is 1.57. The molecule has 0 aliphatic heterocycles. The van der Waals surface area contributed by atoms with Crippen molar-refractivity contribution in [1.29, 1.82) is 0 Å². The summed E-state index contributed by atoms with van der Waals surface area (Å²) < 4.78 is 10.5. The SMILES string of the molecule is COC(=O)Cc1ccc(CNCCOC2CCCCC2)s1. The standard InChI is InChI=1S/C16H25NO3S/c1-19-16(18)11-14-7-8-15(21-14)12-17-9-10-20-13-5-3-2-4-6-13/h7-8,13,17H,2-6,9-12H2,1H3. The highest BCUT2D eigenvalue weighted by atomic mass is 32.1. The molecule has 4 nitrogen and oxygen atoms in total. The van der Waals surface area contributed by atoms with Gasteiger partial charge in [-0.2, -0.15) is 0 Å². The monoisotopic (exact) mass is 311 g/mol. The molecule has 1 fully saturated rings. The van der Waals surface area contributed by atoms with Crippen LogP contribution in [0.4, 0.5) is 0 Å². The maximum atomic E-state index is 11.2. The largest absolute Gasteiger partial charge is 0.469 e. The average Bonchev–Trinajstić information content (AvgIpc) is 2.95. The Morgan fingerprint density at radius 3 is 2.81 bits per heavy atom. The van der Waals surface area contributed by atoms with Gasteiger partial charge in [0.25, 0.3) is 0 Å². The van der Waals surface area contributed by atoms with Crippen LogP contribution in [-0.4, -0.2) is 32.3 Å². The highest BCUT2D eigenvalue weighted by Crippen LogP contribution is 2.20. The van der Waals surface area contributed by atoms with Crippen molar-refractivity contribution in [3.05, 3.63) is 21.9 Å². The van der Waals surface area contributed by atoms with Gasteiger partial charge >= 0.3 is 5.97 Å². The topological polar surface area (TPSA) is 47.6 Å². The van der Waals surface area contributed by atoms with Crippen molar-refractivity contribution in [2.75, 3.05) is 20.3 Å². The van der Waals surface area contributed by atoms with E-state index in [0.717, 1.165) is 24.6 Å². The molecular weight excluding hydrogens is 286 g/mol. The normalized spacial score (nSPS) is 16.0. The summed E-state index contributed by atoms with van der Waals surface area (Å²) in [4.78, 5) is 13.5. The quantitative estimate of drug-likeness (QED) is 0.592. The number of methoxy groups -OCH3 is 1. The van der Waals surface area contributed by atoms with E-state index in [1.807, 2.05) is 6.07 Å². The Labute approximate surface area is 130 Å². The minimum atomic E-state index is -0.183. The summed E-state index contributed by atoms with van der Waals surface area (Å²) in [6, 6.07) is 4.06. The van der Waals surface area contributed by atoms with Crippen LogP contribution in [0.15, 0.2) is 12.1 Å². The van der Waals surface area contributed by atoms with Gasteiger partial charge in [-0.15, -0.1) is 11.3 Å². The number of esters is 1. The summed E-state index contributed by atoms with van der Waals surface area (Å²) in [5.74, 6) is -0.183. The van der Waals surface area contributed by atoms with Crippen molar-refractivity contribution in [2.45, 2.75) is 51.2 Å². The first kappa shape index (κ1) is 16.5. The van der Waals surface area contributed by atoms with Crippen molar-refractivity contribution >= 4 is 17.3 Å². The van der Waals surface area contributed by atoms with Crippen LogP contribution in [0.5, 0.6) is 0 Å². The minimum absolute atomic E-state index is 0.183. The van der Waals surface area contributed by atoms with Gasteiger partial charge in [0, 0.05) is 22.8 Å². The van der Waals surface area contributed by atoms with E-state index in [1.165, 1.54) is 44.1 Å².